The minimum Gasteiger partial charge on any atom is -0.340 e. The molecule has 0 saturated heterocycles. The topological polar surface area (TPSA) is 71.1 Å². The highest BCUT2D eigenvalue weighted by molar-refractivity contribution is 7.94. The van der Waals surface area contributed by atoms with E-state index in [1.165, 1.54) is 23.1 Å². The molecule has 0 bridgehead atoms. The third-order valence-corrected chi connectivity index (χ3v) is 6.40. The number of benzene rings is 1. The SMILES string of the molecule is CC(C)c1ccccc1Nc1ccc(NS(=O)(=O)c2cccs2)cn1. The van der Waals surface area contributed by atoms with Gasteiger partial charge < -0.3 is 5.32 Å². The summed E-state index contributed by atoms with van der Waals surface area (Å²) < 4.78 is 27.2. The summed E-state index contributed by atoms with van der Waals surface area (Å²) in [5.41, 5.74) is 2.62. The Hall–Kier alpha value is -2.38. The third kappa shape index (κ3) is 4.18. The molecule has 1 aromatic carbocycles. The normalized spacial score (nSPS) is 11.5. The fourth-order valence-corrected chi connectivity index (χ4v) is 4.44. The molecule has 0 fully saturated rings. The molecule has 0 unspecified atom stereocenters. The maximum Gasteiger partial charge on any atom is 0.271 e. The van der Waals surface area contributed by atoms with Crippen molar-refractivity contribution in [3.63, 3.8) is 0 Å². The van der Waals surface area contributed by atoms with Gasteiger partial charge in [0.05, 0.1) is 11.9 Å². The summed E-state index contributed by atoms with van der Waals surface area (Å²) in [6.07, 6.45) is 1.51. The van der Waals surface area contributed by atoms with E-state index in [0.717, 1.165) is 5.69 Å². The van der Waals surface area contributed by atoms with Crippen molar-refractivity contribution in [2.75, 3.05) is 10.0 Å². The molecule has 2 aromatic heterocycles. The summed E-state index contributed by atoms with van der Waals surface area (Å²) >= 11 is 1.18. The Balaban J connectivity index is 1.75. The quantitative estimate of drug-likeness (QED) is 0.650. The minimum absolute atomic E-state index is 0.278. The molecular formula is C18H19N3O2S2. The highest BCUT2D eigenvalue weighted by Crippen LogP contribution is 2.27. The van der Waals surface area contributed by atoms with Gasteiger partial charge in [0.25, 0.3) is 10.0 Å². The first-order chi connectivity index (χ1) is 12.0. The van der Waals surface area contributed by atoms with E-state index in [4.69, 9.17) is 0 Å². The van der Waals surface area contributed by atoms with E-state index in [1.54, 1.807) is 29.6 Å². The van der Waals surface area contributed by atoms with Gasteiger partial charge in [0.1, 0.15) is 10.0 Å². The fraction of sp³-hybridized carbons (Fsp3) is 0.167. The van der Waals surface area contributed by atoms with Crippen LogP contribution in [0.15, 0.2) is 64.3 Å². The van der Waals surface area contributed by atoms with Gasteiger partial charge in [-0.1, -0.05) is 38.1 Å². The summed E-state index contributed by atoms with van der Waals surface area (Å²) in [5, 5.41) is 5.01. The second-order valence-corrected chi connectivity index (χ2v) is 8.69. The molecule has 3 aromatic rings. The number of hydrogen-bond donors (Lipinski definition) is 2. The summed E-state index contributed by atoms with van der Waals surface area (Å²) in [4.78, 5) is 4.31. The predicted octanol–water partition coefficient (Wildman–Crippen LogP) is 4.81. The summed E-state index contributed by atoms with van der Waals surface area (Å²) in [7, 11) is -3.55. The van der Waals surface area contributed by atoms with Crippen molar-refractivity contribution in [2.24, 2.45) is 0 Å². The van der Waals surface area contributed by atoms with Crippen molar-refractivity contribution >= 4 is 38.6 Å². The number of pyridine rings is 1. The number of aromatic nitrogens is 1. The first-order valence-electron chi connectivity index (χ1n) is 7.84. The molecule has 2 N–H and O–H groups in total. The maximum atomic E-state index is 12.2. The van der Waals surface area contributed by atoms with E-state index >= 15 is 0 Å². The molecule has 130 valence electrons. The Morgan fingerprint density at radius 2 is 1.84 bits per heavy atom. The zero-order chi connectivity index (χ0) is 17.9. The number of sulfonamides is 1. The Bertz CT molecular complexity index is 935. The van der Waals surface area contributed by atoms with E-state index < -0.39 is 10.0 Å². The van der Waals surface area contributed by atoms with E-state index in [-0.39, 0.29) is 4.21 Å². The Morgan fingerprint density at radius 3 is 2.48 bits per heavy atom. The van der Waals surface area contributed by atoms with E-state index in [1.807, 2.05) is 18.2 Å². The average molecular weight is 374 g/mol. The minimum atomic E-state index is -3.55. The molecule has 0 aliphatic rings. The predicted molar refractivity (Wildman–Crippen MR) is 103 cm³/mol. The highest BCUT2D eigenvalue weighted by atomic mass is 32.2. The molecule has 0 spiro atoms. The van der Waals surface area contributed by atoms with Gasteiger partial charge in [0.2, 0.25) is 0 Å². The second kappa shape index (κ2) is 7.25. The number of rotatable bonds is 6. The molecule has 0 aliphatic carbocycles. The van der Waals surface area contributed by atoms with Gasteiger partial charge in [0, 0.05) is 5.69 Å². The van der Waals surface area contributed by atoms with Gasteiger partial charge in [-0.05, 0) is 41.1 Å². The van der Waals surface area contributed by atoms with Gasteiger partial charge in [-0.2, -0.15) is 0 Å². The van der Waals surface area contributed by atoms with Crippen LogP contribution in [0.4, 0.5) is 17.2 Å². The summed E-state index contributed by atoms with van der Waals surface area (Å²) in [5.74, 6) is 1.05. The number of hydrogen-bond acceptors (Lipinski definition) is 5. The molecule has 25 heavy (non-hydrogen) atoms. The molecule has 0 radical (unpaired) electrons. The van der Waals surface area contributed by atoms with Crippen LogP contribution in [-0.2, 0) is 10.0 Å². The van der Waals surface area contributed by atoms with Crippen LogP contribution in [0.25, 0.3) is 0 Å². The molecule has 0 atom stereocenters. The van der Waals surface area contributed by atoms with Crippen molar-refractivity contribution in [1.82, 2.24) is 4.98 Å². The van der Waals surface area contributed by atoms with Crippen LogP contribution in [0.3, 0.4) is 0 Å². The number of thiophene rings is 1. The molecule has 2 heterocycles. The van der Waals surface area contributed by atoms with Gasteiger partial charge in [-0.25, -0.2) is 13.4 Å². The van der Waals surface area contributed by atoms with Crippen LogP contribution in [-0.4, -0.2) is 13.4 Å². The maximum absolute atomic E-state index is 12.2. The lowest BCUT2D eigenvalue weighted by atomic mass is 10.0. The first kappa shape index (κ1) is 17.4. The Morgan fingerprint density at radius 1 is 1.04 bits per heavy atom. The second-order valence-electron chi connectivity index (χ2n) is 5.84. The molecule has 0 aliphatic heterocycles. The number of nitrogens with one attached hydrogen (secondary N) is 2. The lowest BCUT2D eigenvalue weighted by Gasteiger charge is -2.14. The summed E-state index contributed by atoms with van der Waals surface area (Å²) in [6.45, 7) is 4.27. The van der Waals surface area contributed by atoms with Gasteiger partial charge in [-0.15, -0.1) is 11.3 Å². The highest BCUT2D eigenvalue weighted by Gasteiger charge is 2.15. The number of nitrogens with zero attached hydrogens (tertiary/aromatic N) is 1. The molecular weight excluding hydrogens is 354 g/mol. The van der Waals surface area contributed by atoms with E-state index in [0.29, 0.717) is 17.4 Å². The van der Waals surface area contributed by atoms with Crippen LogP contribution in [0.2, 0.25) is 0 Å². The van der Waals surface area contributed by atoms with Crippen LogP contribution < -0.4 is 10.0 Å². The average Bonchev–Trinajstić information content (AvgIpc) is 3.12. The monoisotopic (exact) mass is 373 g/mol. The lowest BCUT2D eigenvalue weighted by Crippen LogP contribution is -2.11. The van der Waals surface area contributed by atoms with Gasteiger partial charge in [0.15, 0.2) is 0 Å². The zero-order valence-corrected chi connectivity index (χ0v) is 15.6. The number of para-hydroxylation sites is 1. The van der Waals surface area contributed by atoms with E-state index in [9.17, 15) is 8.42 Å². The Kier molecular flexibility index (Phi) is 5.06. The first-order valence-corrected chi connectivity index (χ1v) is 10.2. The Labute approximate surface area is 151 Å². The van der Waals surface area contributed by atoms with Crippen molar-refractivity contribution in [3.8, 4) is 0 Å². The zero-order valence-electron chi connectivity index (χ0n) is 13.9. The summed E-state index contributed by atoms with van der Waals surface area (Å²) in [6, 6.07) is 14.8. The van der Waals surface area contributed by atoms with Crippen molar-refractivity contribution in [2.45, 2.75) is 24.0 Å². The van der Waals surface area contributed by atoms with E-state index in [2.05, 4.69) is 34.9 Å². The van der Waals surface area contributed by atoms with Crippen LogP contribution in [0, 0.1) is 0 Å². The largest absolute Gasteiger partial charge is 0.340 e. The van der Waals surface area contributed by atoms with Crippen molar-refractivity contribution in [1.29, 1.82) is 0 Å². The molecule has 5 nitrogen and oxygen atoms in total. The standard InChI is InChI=1S/C18H19N3O2S2/c1-13(2)15-6-3-4-7-16(15)20-17-10-9-14(12-19-17)21-25(22,23)18-8-5-11-24-18/h3-13,21H,1-2H3,(H,19,20). The molecule has 0 saturated carbocycles. The molecule has 7 heteroatoms. The van der Waals surface area contributed by atoms with Crippen molar-refractivity contribution in [3.05, 3.63) is 65.7 Å². The van der Waals surface area contributed by atoms with Gasteiger partial charge in [-0.3, -0.25) is 4.72 Å². The number of anilines is 3. The fourth-order valence-electron chi connectivity index (χ4n) is 2.40. The van der Waals surface area contributed by atoms with Crippen LogP contribution >= 0.6 is 11.3 Å². The molecule has 3 rings (SSSR count). The van der Waals surface area contributed by atoms with Crippen LogP contribution in [0.1, 0.15) is 25.3 Å². The van der Waals surface area contributed by atoms with Crippen LogP contribution in [0.5, 0.6) is 0 Å². The smallest absolute Gasteiger partial charge is 0.271 e. The third-order valence-electron chi connectivity index (χ3n) is 3.62. The molecule has 0 amide bonds. The lowest BCUT2D eigenvalue weighted by molar-refractivity contribution is 0.603. The van der Waals surface area contributed by atoms with Gasteiger partial charge >= 0.3 is 0 Å². The van der Waals surface area contributed by atoms with Crippen molar-refractivity contribution < 1.29 is 8.42 Å².